The molecule has 8 heteroatoms. The number of aliphatic imine (C=N–C) groups is 1. The van der Waals surface area contributed by atoms with E-state index < -0.39 is 22.6 Å². The van der Waals surface area contributed by atoms with Crippen LogP contribution in [0.3, 0.4) is 0 Å². The summed E-state index contributed by atoms with van der Waals surface area (Å²) in [6.45, 7) is 0. The van der Waals surface area contributed by atoms with E-state index in [1.54, 1.807) is 0 Å². The molecule has 0 atom stereocenters. The highest BCUT2D eigenvalue weighted by Crippen LogP contribution is 2.22. The first kappa shape index (κ1) is 13.7. The Morgan fingerprint density at radius 2 is 1.91 bits per heavy atom. The molecule has 0 spiro atoms. The number of hydrogen-bond donors (Lipinski definition) is 0. The van der Waals surface area contributed by atoms with Crippen LogP contribution in [0.25, 0.3) is 6.08 Å². The maximum Gasteiger partial charge on any atom is 0.433 e. The van der Waals surface area contributed by atoms with Gasteiger partial charge in [-0.2, -0.15) is 0 Å². The number of carbonyl (C=O) groups excluding carboxylic acids is 1. The third-order valence-corrected chi connectivity index (χ3v) is 2.78. The number of hydrogen-bond acceptors (Lipinski definition) is 6. The fourth-order valence-electron chi connectivity index (χ4n) is 1.78. The molecule has 0 unspecified atom stereocenters. The average Bonchev–Trinajstić information content (AvgIpc) is 3.08. The average molecular weight is 302 g/mol. The van der Waals surface area contributed by atoms with E-state index in [4.69, 9.17) is 9.15 Å². The van der Waals surface area contributed by atoms with Crippen LogP contribution in [-0.4, -0.2) is 16.8 Å². The van der Waals surface area contributed by atoms with E-state index in [0.717, 1.165) is 6.07 Å². The van der Waals surface area contributed by atoms with E-state index in [2.05, 4.69) is 4.99 Å². The highest BCUT2D eigenvalue weighted by molar-refractivity contribution is 6.12. The van der Waals surface area contributed by atoms with Gasteiger partial charge >= 0.3 is 11.9 Å². The molecule has 1 aromatic carbocycles. The van der Waals surface area contributed by atoms with Crippen molar-refractivity contribution >= 4 is 23.8 Å². The van der Waals surface area contributed by atoms with E-state index in [0.29, 0.717) is 5.56 Å². The second-order valence-corrected chi connectivity index (χ2v) is 4.28. The topological polar surface area (TPSA) is 94.9 Å². The molecule has 2 aromatic rings. The van der Waals surface area contributed by atoms with Gasteiger partial charge in [0, 0.05) is 11.6 Å². The molecule has 0 N–H and O–H groups in total. The van der Waals surface area contributed by atoms with Crippen molar-refractivity contribution < 1.29 is 23.3 Å². The van der Waals surface area contributed by atoms with Crippen molar-refractivity contribution in [3.8, 4) is 0 Å². The molecule has 1 aliphatic rings. The summed E-state index contributed by atoms with van der Waals surface area (Å²) in [6, 6.07) is 7.76. The Morgan fingerprint density at radius 1 is 1.18 bits per heavy atom. The van der Waals surface area contributed by atoms with Crippen molar-refractivity contribution in [1.29, 1.82) is 0 Å². The number of rotatable bonds is 3. The summed E-state index contributed by atoms with van der Waals surface area (Å²) in [5, 5.41) is 10.5. The van der Waals surface area contributed by atoms with Gasteiger partial charge in [-0.15, -0.1) is 0 Å². The Hall–Kier alpha value is -3.29. The quantitative estimate of drug-likeness (QED) is 0.376. The molecule has 1 aliphatic heterocycles. The zero-order valence-corrected chi connectivity index (χ0v) is 10.9. The highest BCUT2D eigenvalue weighted by atomic mass is 19.1. The van der Waals surface area contributed by atoms with E-state index in [1.165, 1.54) is 36.4 Å². The first-order valence-corrected chi connectivity index (χ1v) is 6.05. The van der Waals surface area contributed by atoms with Crippen LogP contribution < -0.4 is 0 Å². The van der Waals surface area contributed by atoms with E-state index >= 15 is 0 Å². The fraction of sp³-hybridized carbons (Fsp3) is 0. The van der Waals surface area contributed by atoms with Gasteiger partial charge in [0.25, 0.3) is 0 Å². The zero-order valence-electron chi connectivity index (χ0n) is 10.9. The summed E-state index contributed by atoms with van der Waals surface area (Å²) in [7, 11) is 0. The summed E-state index contributed by atoms with van der Waals surface area (Å²) in [5.41, 5.74) is 0.368. The van der Waals surface area contributed by atoms with E-state index in [-0.39, 0.29) is 17.4 Å². The molecular weight excluding hydrogens is 295 g/mol. The second kappa shape index (κ2) is 5.24. The summed E-state index contributed by atoms with van der Waals surface area (Å²) in [5.74, 6) is -1.47. The molecule has 2 heterocycles. The van der Waals surface area contributed by atoms with E-state index in [9.17, 15) is 19.3 Å². The molecule has 0 amide bonds. The number of furan rings is 1. The minimum atomic E-state index is -0.724. The molecular formula is C14H7FN2O5. The van der Waals surface area contributed by atoms with Crippen molar-refractivity contribution in [3.05, 3.63) is 69.4 Å². The van der Waals surface area contributed by atoms with Crippen molar-refractivity contribution in [1.82, 2.24) is 0 Å². The lowest BCUT2D eigenvalue weighted by Gasteiger charge is -1.98. The number of nitro groups is 1. The minimum Gasteiger partial charge on any atom is -0.402 e. The number of ether oxygens (including phenoxy) is 1. The lowest BCUT2D eigenvalue weighted by atomic mass is 10.2. The van der Waals surface area contributed by atoms with Gasteiger partial charge in [0.05, 0.1) is 6.07 Å². The van der Waals surface area contributed by atoms with Gasteiger partial charge < -0.3 is 9.15 Å². The van der Waals surface area contributed by atoms with Crippen molar-refractivity contribution in [2.75, 3.05) is 0 Å². The van der Waals surface area contributed by atoms with Crippen LogP contribution in [-0.2, 0) is 9.53 Å². The highest BCUT2D eigenvalue weighted by Gasteiger charge is 2.25. The Balaban J connectivity index is 1.90. The van der Waals surface area contributed by atoms with Crippen LogP contribution in [0.15, 0.2) is 51.5 Å². The van der Waals surface area contributed by atoms with Crippen molar-refractivity contribution in [2.45, 2.75) is 0 Å². The van der Waals surface area contributed by atoms with Gasteiger partial charge in [-0.25, -0.2) is 14.2 Å². The first-order valence-electron chi connectivity index (χ1n) is 6.05. The number of esters is 1. The van der Waals surface area contributed by atoms with Crippen LogP contribution in [0.2, 0.25) is 0 Å². The summed E-state index contributed by atoms with van der Waals surface area (Å²) < 4.78 is 22.7. The predicted octanol–water partition coefficient (Wildman–Crippen LogP) is 2.67. The molecule has 0 bridgehead atoms. The predicted molar refractivity (Wildman–Crippen MR) is 72.4 cm³/mol. The van der Waals surface area contributed by atoms with Crippen molar-refractivity contribution in [2.24, 2.45) is 4.99 Å². The molecule has 0 saturated carbocycles. The molecule has 0 aliphatic carbocycles. The molecule has 0 saturated heterocycles. The number of nitrogens with zero attached hydrogens (tertiary/aromatic N) is 2. The Labute approximate surface area is 122 Å². The Morgan fingerprint density at radius 3 is 2.55 bits per heavy atom. The standard InChI is InChI=1S/C14H7FN2O5/c15-9-3-1-8(2-4-9)13-16-11(14(18)22-13)7-10-5-6-12(21-10)17(19)20/h1-7H/b11-7-. The third-order valence-electron chi connectivity index (χ3n) is 2.78. The number of halogens is 1. The molecule has 7 nitrogen and oxygen atoms in total. The number of cyclic esters (lactones) is 1. The van der Waals surface area contributed by atoms with Gasteiger partial charge in [0.1, 0.15) is 16.5 Å². The number of benzene rings is 1. The SMILES string of the molecule is O=C1OC(c2ccc(F)cc2)=N/C1=C\c1ccc([N+](=O)[O-])o1. The van der Waals surface area contributed by atoms with Gasteiger partial charge in [0.2, 0.25) is 5.90 Å². The van der Waals surface area contributed by atoms with Gasteiger partial charge in [-0.05, 0) is 30.3 Å². The van der Waals surface area contributed by atoms with E-state index in [1.807, 2.05) is 0 Å². The summed E-state index contributed by atoms with van der Waals surface area (Å²) >= 11 is 0. The minimum absolute atomic E-state index is 0.0253. The van der Waals surface area contributed by atoms with Crippen LogP contribution in [0, 0.1) is 15.9 Å². The monoisotopic (exact) mass is 302 g/mol. The van der Waals surface area contributed by atoms with Crippen LogP contribution in [0.4, 0.5) is 10.3 Å². The fourth-order valence-corrected chi connectivity index (χ4v) is 1.78. The first-order chi connectivity index (χ1) is 10.5. The maximum atomic E-state index is 12.9. The molecule has 3 rings (SSSR count). The zero-order chi connectivity index (χ0) is 15.7. The molecule has 22 heavy (non-hydrogen) atoms. The second-order valence-electron chi connectivity index (χ2n) is 4.28. The van der Waals surface area contributed by atoms with Gasteiger partial charge in [-0.1, -0.05) is 0 Å². The Bertz CT molecular complexity index is 820. The summed E-state index contributed by atoms with van der Waals surface area (Å²) in [6.07, 6.45) is 1.23. The smallest absolute Gasteiger partial charge is 0.402 e. The van der Waals surface area contributed by atoms with Gasteiger partial charge in [0.15, 0.2) is 5.70 Å². The van der Waals surface area contributed by atoms with Crippen LogP contribution in [0.5, 0.6) is 0 Å². The summed E-state index contributed by atoms with van der Waals surface area (Å²) in [4.78, 5) is 25.5. The normalized spacial score (nSPS) is 15.8. The maximum absolute atomic E-state index is 12.9. The lowest BCUT2D eigenvalue weighted by molar-refractivity contribution is -0.402. The van der Waals surface area contributed by atoms with Gasteiger partial charge in [-0.3, -0.25) is 10.1 Å². The van der Waals surface area contributed by atoms with Crippen molar-refractivity contribution in [3.63, 3.8) is 0 Å². The molecule has 110 valence electrons. The number of carbonyl (C=O) groups is 1. The lowest BCUT2D eigenvalue weighted by Crippen LogP contribution is -2.05. The molecule has 0 radical (unpaired) electrons. The largest absolute Gasteiger partial charge is 0.433 e. The third kappa shape index (κ3) is 2.62. The Kier molecular flexibility index (Phi) is 3.26. The molecule has 1 aromatic heterocycles. The van der Waals surface area contributed by atoms with Crippen LogP contribution in [0.1, 0.15) is 11.3 Å². The van der Waals surface area contributed by atoms with Crippen LogP contribution >= 0.6 is 0 Å². The molecule has 0 fully saturated rings.